The predicted octanol–water partition coefficient (Wildman–Crippen LogP) is 3.05. The highest BCUT2D eigenvalue weighted by Gasteiger charge is 2.35. The van der Waals surface area contributed by atoms with Gasteiger partial charge >= 0.3 is 6.09 Å². The van der Waals surface area contributed by atoms with E-state index in [0.29, 0.717) is 36.8 Å². The van der Waals surface area contributed by atoms with Crippen LogP contribution >= 0.6 is 11.6 Å². The van der Waals surface area contributed by atoms with Gasteiger partial charge in [0.2, 0.25) is 0 Å². The van der Waals surface area contributed by atoms with Gasteiger partial charge < -0.3 is 14.9 Å². The van der Waals surface area contributed by atoms with Crippen molar-refractivity contribution in [3.63, 3.8) is 0 Å². The normalized spacial score (nSPS) is 20.8. The molecule has 23 heavy (non-hydrogen) atoms. The number of amides is 1. The molecule has 0 saturated carbocycles. The predicted molar refractivity (Wildman–Crippen MR) is 82.6 cm³/mol. The number of piperidine rings is 1. The molecule has 0 spiro atoms. The first kappa shape index (κ1) is 16.2. The minimum Gasteiger partial charge on any atom is -0.465 e. The summed E-state index contributed by atoms with van der Waals surface area (Å²) in [6.07, 6.45) is -0.269. The Hall–Kier alpha value is -1.63. The summed E-state index contributed by atoms with van der Waals surface area (Å²) >= 11 is 6.30. The zero-order chi connectivity index (χ0) is 16.6. The first-order valence-electron chi connectivity index (χ1n) is 7.65. The Morgan fingerprint density at radius 1 is 1.22 bits per heavy atom. The van der Waals surface area contributed by atoms with Crippen LogP contribution in [0.1, 0.15) is 24.1 Å². The maximum atomic E-state index is 13.3. The quantitative estimate of drug-likeness (QED) is 0.850. The van der Waals surface area contributed by atoms with Gasteiger partial charge in [0.05, 0.1) is 5.02 Å². The van der Waals surface area contributed by atoms with Crippen LogP contribution in [0, 0.1) is 0 Å². The number of halogens is 3. The molecule has 1 aromatic heterocycles. The van der Waals surface area contributed by atoms with E-state index in [1.165, 1.54) is 4.90 Å². The fraction of sp³-hybridized carbons (Fsp3) is 0.600. The summed E-state index contributed by atoms with van der Waals surface area (Å²) in [4.78, 5) is 18.8. The van der Waals surface area contributed by atoms with Gasteiger partial charge in [0.15, 0.2) is 0 Å². The van der Waals surface area contributed by atoms with Gasteiger partial charge in [-0.2, -0.15) is 0 Å². The van der Waals surface area contributed by atoms with Crippen LogP contribution in [0.4, 0.5) is 19.4 Å². The third-order valence-electron chi connectivity index (χ3n) is 4.46. The van der Waals surface area contributed by atoms with Crippen molar-refractivity contribution in [2.45, 2.75) is 31.6 Å². The lowest BCUT2D eigenvalue weighted by Gasteiger charge is -2.33. The number of hydrogen-bond acceptors (Lipinski definition) is 3. The molecular formula is C15H18ClF2N3O2. The van der Waals surface area contributed by atoms with Gasteiger partial charge in [-0.05, 0) is 18.1 Å². The summed E-state index contributed by atoms with van der Waals surface area (Å²) in [6, 6.07) is 1.80. The van der Waals surface area contributed by atoms with Crippen LogP contribution in [0.15, 0.2) is 6.07 Å². The topological polar surface area (TPSA) is 56.7 Å². The van der Waals surface area contributed by atoms with Gasteiger partial charge in [-0.15, -0.1) is 0 Å². The molecule has 8 heteroatoms. The van der Waals surface area contributed by atoms with E-state index >= 15 is 0 Å². The Labute approximate surface area is 137 Å². The molecular weight excluding hydrogens is 328 g/mol. The zero-order valence-corrected chi connectivity index (χ0v) is 13.3. The number of fused-ring (bicyclic) bond motifs is 1. The summed E-state index contributed by atoms with van der Waals surface area (Å²) in [7, 11) is 0. The van der Waals surface area contributed by atoms with Crippen molar-refractivity contribution in [3.8, 4) is 0 Å². The van der Waals surface area contributed by atoms with Crippen molar-refractivity contribution in [2.24, 2.45) is 0 Å². The van der Waals surface area contributed by atoms with Crippen molar-refractivity contribution in [3.05, 3.63) is 22.3 Å². The maximum absolute atomic E-state index is 13.3. The molecule has 0 aliphatic carbocycles. The second-order valence-electron chi connectivity index (χ2n) is 6.01. The number of nitrogens with zero attached hydrogens (tertiary/aromatic N) is 3. The molecule has 1 amide bonds. The average Bonchev–Trinajstić information content (AvgIpc) is 2.69. The fourth-order valence-electron chi connectivity index (χ4n) is 3.05. The van der Waals surface area contributed by atoms with E-state index < -0.39 is 12.0 Å². The highest BCUT2D eigenvalue weighted by molar-refractivity contribution is 6.33. The molecule has 0 aromatic carbocycles. The van der Waals surface area contributed by atoms with E-state index in [4.69, 9.17) is 16.7 Å². The number of carbonyl (C=O) groups is 1. The van der Waals surface area contributed by atoms with Gasteiger partial charge in [-0.3, -0.25) is 0 Å². The molecule has 126 valence electrons. The number of rotatable bonds is 1. The Kier molecular flexibility index (Phi) is 4.31. The van der Waals surface area contributed by atoms with Crippen molar-refractivity contribution in [1.29, 1.82) is 0 Å². The van der Waals surface area contributed by atoms with Crippen molar-refractivity contribution in [2.75, 3.05) is 31.1 Å². The summed E-state index contributed by atoms with van der Waals surface area (Å²) in [5.74, 6) is -2.08. The minimum absolute atomic E-state index is 0.200. The van der Waals surface area contributed by atoms with E-state index in [2.05, 4.69) is 4.98 Å². The summed E-state index contributed by atoms with van der Waals surface area (Å²) < 4.78 is 26.6. The Bertz CT molecular complexity index is 617. The monoisotopic (exact) mass is 345 g/mol. The third-order valence-corrected chi connectivity index (χ3v) is 4.74. The van der Waals surface area contributed by atoms with Crippen LogP contribution in [0.5, 0.6) is 0 Å². The maximum Gasteiger partial charge on any atom is 0.407 e. The number of alkyl halides is 2. The van der Waals surface area contributed by atoms with E-state index in [-0.39, 0.29) is 25.9 Å². The zero-order valence-electron chi connectivity index (χ0n) is 12.6. The lowest BCUT2D eigenvalue weighted by Crippen LogP contribution is -2.40. The Morgan fingerprint density at radius 3 is 2.52 bits per heavy atom. The number of hydrogen-bond donors (Lipinski definition) is 1. The molecule has 1 saturated heterocycles. The van der Waals surface area contributed by atoms with Gasteiger partial charge in [0.25, 0.3) is 5.92 Å². The number of carboxylic acid groups (broad SMARTS) is 1. The molecule has 0 radical (unpaired) electrons. The summed E-state index contributed by atoms with van der Waals surface area (Å²) in [5, 5.41) is 9.55. The number of pyridine rings is 1. The molecule has 0 atom stereocenters. The standard InChI is InChI=1S/C15H18ClF2N3O2/c16-11-9-10-1-5-21(14(22)23)6-2-12(10)19-13(11)20-7-3-15(17,18)4-8-20/h9H,1-8H2,(H,22,23). The van der Waals surface area contributed by atoms with E-state index in [9.17, 15) is 13.6 Å². The minimum atomic E-state index is -2.61. The summed E-state index contributed by atoms with van der Waals surface area (Å²) in [6.45, 7) is 1.24. The SMILES string of the molecule is O=C(O)N1CCc2cc(Cl)c(N3CCC(F)(F)CC3)nc2CC1. The van der Waals surface area contributed by atoms with Crippen LogP contribution in [-0.4, -0.2) is 53.2 Å². The lowest BCUT2D eigenvalue weighted by atomic mass is 10.1. The molecule has 1 aromatic rings. The van der Waals surface area contributed by atoms with Crippen LogP contribution in [0.2, 0.25) is 5.02 Å². The highest BCUT2D eigenvalue weighted by atomic mass is 35.5. The Morgan fingerprint density at radius 2 is 1.87 bits per heavy atom. The molecule has 5 nitrogen and oxygen atoms in total. The molecule has 2 aliphatic heterocycles. The van der Waals surface area contributed by atoms with Crippen molar-refractivity contribution < 1.29 is 18.7 Å². The van der Waals surface area contributed by atoms with Crippen LogP contribution in [0.25, 0.3) is 0 Å². The third kappa shape index (κ3) is 3.49. The van der Waals surface area contributed by atoms with Crippen LogP contribution in [0.3, 0.4) is 0 Å². The smallest absolute Gasteiger partial charge is 0.407 e. The largest absolute Gasteiger partial charge is 0.465 e. The molecule has 3 rings (SSSR count). The molecule has 0 bridgehead atoms. The molecule has 2 aliphatic rings. The molecule has 0 unspecified atom stereocenters. The highest BCUT2D eigenvalue weighted by Crippen LogP contribution is 2.34. The van der Waals surface area contributed by atoms with Gasteiger partial charge in [0, 0.05) is 51.1 Å². The Balaban J connectivity index is 1.81. The molecule has 1 N–H and O–H groups in total. The fourth-order valence-corrected chi connectivity index (χ4v) is 3.35. The van der Waals surface area contributed by atoms with E-state index in [1.807, 2.05) is 0 Å². The van der Waals surface area contributed by atoms with Crippen molar-refractivity contribution in [1.82, 2.24) is 9.88 Å². The van der Waals surface area contributed by atoms with E-state index in [1.54, 1.807) is 11.0 Å². The van der Waals surface area contributed by atoms with Gasteiger partial charge in [-0.25, -0.2) is 18.6 Å². The van der Waals surface area contributed by atoms with Crippen LogP contribution < -0.4 is 4.90 Å². The second-order valence-corrected chi connectivity index (χ2v) is 6.42. The second kappa shape index (κ2) is 6.11. The average molecular weight is 346 g/mol. The lowest BCUT2D eigenvalue weighted by molar-refractivity contribution is -0.0221. The first-order valence-corrected chi connectivity index (χ1v) is 8.02. The number of aromatic nitrogens is 1. The van der Waals surface area contributed by atoms with Crippen LogP contribution in [-0.2, 0) is 12.8 Å². The molecule has 1 fully saturated rings. The van der Waals surface area contributed by atoms with E-state index in [0.717, 1.165) is 11.3 Å². The van der Waals surface area contributed by atoms with Crippen molar-refractivity contribution >= 4 is 23.5 Å². The first-order chi connectivity index (χ1) is 10.9. The van der Waals surface area contributed by atoms with Gasteiger partial charge in [-0.1, -0.05) is 11.6 Å². The number of anilines is 1. The summed E-state index contributed by atoms with van der Waals surface area (Å²) in [5.41, 5.74) is 1.75. The molecule has 3 heterocycles. The van der Waals surface area contributed by atoms with Gasteiger partial charge in [0.1, 0.15) is 5.82 Å².